The lowest BCUT2D eigenvalue weighted by Crippen LogP contribution is -2.42. The van der Waals surface area contributed by atoms with Crippen molar-refractivity contribution in [1.29, 1.82) is 0 Å². The number of benzene rings is 1. The maximum Gasteiger partial charge on any atom is 0.118 e. The van der Waals surface area contributed by atoms with Crippen LogP contribution in [0, 0.1) is 5.92 Å². The number of piperidine rings is 1. The molecule has 1 aliphatic heterocycles. The summed E-state index contributed by atoms with van der Waals surface area (Å²) in [6.07, 6.45) is 4.67. The Morgan fingerprint density at radius 2 is 2.10 bits per heavy atom. The standard InChI is InChI=1S/C17H27NO2/c1-14(18-11-3-4-16(12-18)13-19)5-6-15-7-9-17(20-2)10-8-15/h7-10,14,16,19H,3-6,11-13H2,1-2H3/t14-,16+/m0/s1. The molecule has 0 spiro atoms. The fourth-order valence-electron chi connectivity index (χ4n) is 3.00. The Bertz CT molecular complexity index is 390. The van der Waals surface area contributed by atoms with Crippen LogP contribution in [0.3, 0.4) is 0 Å². The molecule has 1 fully saturated rings. The first-order valence-corrected chi connectivity index (χ1v) is 7.70. The van der Waals surface area contributed by atoms with Crippen LogP contribution in [0.15, 0.2) is 24.3 Å². The number of aliphatic hydroxyl groups excluding tert-OH is 1. The highest BCUT2D eigenvalue weighted by Crippen LogP contribution is 2.20. The van der Waals surface area contributed by atoms with Crippen LogP contribution >= 0.6 is 0 Å². The molecule has 2 rings (SSSR count). The Balaban J connectivity index is 1.80. The number of hydrogen-bond donors (Lipinski definition) is 1. The SMILES string of the molecule is COc1ccc(CC[C@H](C)N2CCC[C@@H](CO)C2)cc1. The second-order valence-electron chi connectivity index (χ2n) is 5.92. The summed E-state index contributed by atoms with van der Waals surface area (Å²) in [6, 6.07) is 8.95. The van der Waals surface area contributed by atoms with E-state index in [9.17, 15) is 5.11 Å². The van der Waals surface area contributed by atoms with Crippen molar-refractivity contribution in [2.75, 3.05) is 26.8 Å². The van der Waals surface area contributed by atoms with Gasteiger partial charge in [-0.3, -0.25) is 0 Å². The van der Waals surface area contributed by atoms with Crippen molar-refractivity contribution in [3.63, 3.8) is 0 Å². The predicted octanol–water partition coefficient (Wildman–Crippen LogP) is 2.72. The molecule has 1 heterocycles. The van der Waals surface area contributed by atoms with Crippen molar-refractivity contribution in [3.05, 3.63) is 29.8 Å². The van der Waals surface area contributed by atoms with Gasteiger partial charge >= 0.3 is 0 Å². The Kier molecular flexibility index (Phi) is 5.86. The van der Waals surface area contributed by atoms with E-state index in [1.807, 2.05) is 12.1 Å². The molecule has 0 aromatic heterocycles. The van der Waals surface area contributed by atoms with E-state index in [0.717, 1.165) is 18.7 Å². The minimum Gasteiger partial charge on any atom is -0.497 e. The molecule has 2 atom stereocenters. The van der Waals surface area contributed by atoms with Gasteiger partial charge in [0.25, 0.3) is 0 Å². The van der Waals surface area contributed by atoms with Gasteiger partial charge in [-0.1, -0.05) is 12.1 Å². The lowest BCUT2D eigenvalue weighted by Gasteiger charge is -2.36. The molecule has 1 aromatic carbocycles. The smallest absolute Gasteiger partial charge is 0.118 e. The second kappa shape index (κ2) is 7.65. The fraction of sp³-hybridized carbons (Fsp3) is 0.647. The number of methoxy groups -OCH3 is 1. The third kappa shape index (κ3) is 4.22. The first-order valence-electron chi connectivity index (χ1n) is 7.70. The summed E-state index contributed by atoms with van der Waals surface area (Å²) in [5.41, 5.74) is 1.37. The maximum absolute atomic E-state index is 9.31. The van der Waals surface area contributed by atoms with Crippen LogP contribution in [0.1, 0.15) is 31.7 Å². The van der Waals surface area contributed by atoms with E-state index in [-0.39, 0.29) is 0 Å². The molecule has 0 saturated carbocycles. The number of aryl methyl sites for hydroxylation is 1. The van der Waals surface area contributed by atoms with Crippen LogP contribution in [0.2, 0.25) is 0 Å². The number of ether oxygens (including phenoxy) is 1. The highest BCUT2D eigenvalue weighted by Gasteiger charge is 2.22. The number of aliphatic hydroxyl groups is 1. The summed E-state index contributed by atoms with van der Waals surface area (Å²) >= 11 is 0. The Morgan fingerprint density at radius 3 is 2.75 bits per heavy atom. The van der Waals surface area contributed by atoms with E-state index in [0.29, 0.717) is 18.6 Å². The summed E-state index contributed by atoms with van der Waals surface area (Å²) in [5.74, 6) is 1.40. The summed E-state index contributed by atoms with van der Waals surface area (Å²) in [7, 11) is 1.70. The quantitative estimate of drug-likeness (QED) is 0.868. The molecular weight excluding hydrogens is 250 g/mol. The normalized spacial score (nSPS) is 21.6. The first kappa shape index (κ1) is 15.3. The number of nitrogens with zero attached hydrogens (tertiary/aromatic N) is 1. The highest BCUT2D eigenvalue weighted by atomic mass is 16.5. The van der Waals surface area contributed by atoms with Crippen LogP contribution < -0.4 is 4.74 Å². The van der Waals surface area contributed by atoms with Crippen molar-refractivity contribution in [1.82, 2.24) is 4.90 Å². The van der Waals surface area contributed by atoms with Crippen LogP contribution in [-0.4, -0.2) is 42.9 Å². The minimum absolute atomic E-state index is 0.335. The van der Waals surface area contributed by atoms with Gasteiger partial charge in [-0.05, 0) is 62.8 Å². The fourth-order valence-corrected chi connectivity index (χ4v) is 3.00. The van der Waals surface area contributed by atoms with Crippen molar-refractivity contribution >= 4 is 0 Å². The first-order chi connectivity index (χ1) is 9.72. The van der Waals surface area contributed by atoms with Crippen molar-refractivity contribution in [3.8, 4) is 5.75 Å². The van der Waals surface area contributed by atoms with Crippen molar-refractivity contribution in [2.24, 2.45) is 5.92 Å². The van der Waals surface area contributed by atoms with E-state index in [2.05, 4.69) is 24.0 Å². The van der Waals surface area contributed by atoms with Crippen LogP contribution in [0.5, 0.6) is 5.75 Å². The van der Waals surface area contributed by atoms with Gasteiger partial charge in [0.2, 0.25) is 0 Å². The minimum atomic E-state index is 0.335. The average molecular weight is 277 g/mol. The number of hydrogen-bond acceptors (Lipinski definition) is 3. The van der Waals surface area contributed by atoms with E-state index in [1.54, 1.807) is 7.11 Å². The predicted molar refractivity (Wildman–Crippen MR) is 82.2 cm³/mol. The van der Waals surface area contributed by atoms with E-state index in [1.165, 1.54) is 31.4 Å². The summed E-state index contributed by atoms with van der Waals surface area (Å²) < 4.78 is 5.18. The van der Waals surface area contributed by atoms with Crippen LogP contribution in [-0.2, 0) is 6.42 Å². The lowest BCUT2D eigenvalue weighted by molar-refractivity contribution is 0.0906. The zero-order valence-electron chi connectivity index (χ0n) is 12.7. The van der Waals surface area contributed by atoms with Gasteiger partial charge in [-0.2, -0.15) is 0 Å². The monoisotopic (exact) mass is 277 g/mol. The van der Waals surface area contributed by atoms with Gasteiger partial charge < -0.3 is 14.7 Å². The van der Waals surface area contributed by atoms with Crippen molar-refractivity contribution < 1.29 is 9.84 Å². The van der Waals surface area contributed by atoms with E-state index < -0.39 is 0 Å². The highest BCUT2D eigenvalue weighted by molar-refractivity contribution is 5.27. The summed E-state index contributed by atoms with van der Waals surface area (Å²) in [5, 5.41) is 9.31. The number of rotatable bonds is 6. The molecule has 1 aliphatic rings. The van der Waals surface area contributed by atoms with Gasteiger partial charge in [0.05, 0.1) is 7.11 Å². The second-order valence-corrected chi connectivity index (χ2v) is 5.92. The topological polar surface area (TPSA) is 32.7 Å². The maximum atomic E-state index is 9.31. The summed E-state index contributed by atoms with van der Waals surface area (Å²) in [6.45, 7) is 4.88. The van der Waals surface area contributed by atoms with Gasteiger partial charge in [0.15, 0.2) is 0 Å². The van der Waals surface area contributed by atoms with Crippen LogP contribution in [0.4, 0.5) is 0 Å². The molecule has 3 nitrogen and oxygen atoms in total. The molecule has 0 amide bonds. The molecule has 1 N–H and O–H groups in total. The largest absolute Gasteiger partial charge is 0.497 e. The third-order valence-corrected chi connectivity index (χ3v) is 4.44. The van der Waals surface area contributed by atoms with Crippen molar-refractivity contribution in [2.45, 2.75) is 38.6 Å². The zero-order chi connectivity index (χ0) is 14.4. The molecule has 0 aliphatic carbocycles. The molecule has 1 aromatic rings. The average Bonchev–Trinajstić information content (AvgIpc) is 2.53. The molecule has 20 heavy (non-hydrogen) atoms. The van der Waals surface area contributed by atoms with Gasteiger partial charge in [-0.25, -0.2) is 0 Å². The molecule has 112 valence electrons. The summed E-state index contributed by atoms with van der Waals surface area (Å²) in [4.78, 5) is 2.54. The Labute approximate surface area is 122 Å². The Hall–Kier alpha value is -1.06. The molecular formula is C17H27NO2. The van der Waals surface area contributed by atoms with Crippen LogP contribution in [0.25, 0.3) is 0 Å². The third-order valence-electron chi connectivity index (χ3n) is 4.44. The molecule has 0 radical (unpaired) electrons. The lowest BCUT2D eigenvalue weighted by atomic mass is 9.96. The molecule has 0 bridgehead atoms. The molecule has 3 heteroatoms. The van der Waals surface area contributed by atoms with Gasteiger partial charge in [0.1, 0.15) is 5.75 Å². The number of likely N-dealkylation sites (tertiary alicyclic amines) is 1. The zero-order valence-corrected chi connectivity index (χ0v) is 12.7. The van der Waals surface area contributed by atoms with Gasteiger partial charge in [0, 0.05) is 19.2 Å². The van der Waals surface area contributed by atoms with Gasteiger partial charge in [-0.15, -0.1) is 0 Å². The van der Waals surface area contributed by atoms with E-state index >= 15 is 0 Å². The molecule has 1 saturated heterocycles. The van der Waals surface area contributed by atoms with E-state index in [4.69, 9.17) is 4.74 Å². The molecule has 0 unspecified atom stereocenters. The Morgan fingerprint density at radius 1 is 1.35 bits per heavy atom.